The van der Waals surface area contributed by atoms with Crippen LogP contribution in [0.15, 0.2) is 21.5 Å². The van der Waals surface area contributed by atoms with E-state index in [4.69, 9.17) is 10.5 Å². The van der Waals surface area contributed by atoms with E-state index in [1.807, 2.05) is 6.07 Å². The molecule has 1 aromatic carbocycles. The van der Waals surface area contributed by atoms with Gasteiger partial charge in [-0.3, -0.25) is 0 Å². The molecule has 5 nitrogen and oxygen atoms in total. The lowest BCUT2D eigenvalue weighted by molar-refractivity contribution is 0.184. The second-order valence-electron chi connectivity index (χ2n) is 5.32. The number of sulfonamides is 1. The Hall–Kier alpha value is -0.470. The SMILES string of the molecule is Cc1c(Br)cc(CN)cc1S(=O)(=O)NCCC1CCOC1. The summed E-state index contributed by atoms with van der Waals surface area (Å²) in [7, 11) is -3.51. The molecule has 2 rings (SSSR count). The van der Waals surface area contributed by atoms with Crippen molar-refractivity contribution in [3.8, 4) is 0 Å². The van der Waals surface area contributed by atoms with E-state index >= 15 is 0 Å². The Labute approximate surface area is 134 Å². The normalized spacial score (nSPS) is 19.1. The van der Waals surface area contributed by atoms with E-state index in [1.54, 1.807) is 13.0 Å². The summed E-state index contributed by atoms with van der Waals surface area (Å²) in [5, 5.41) is 0. The van der Waals surface area contributed by atoms with Crippen molar-refractivity contribution >= 4 is 26.0 Å². The van der Waals surface area contributed by atoms with Gasteiger partial charge in [0.05, 0.1) is 4.90 Å². The molecule has 1 fully saturated rings. The first-order valence-electron chi connectivity index (χ1n) is 7.00. The van der Waals surface area contributed by atoms with Crippen LogP contribution < -0.4 is 10.5 Å². The third kappa shape index (κ3) is 4.26. The minimum Gasteiger partial charge on any atom is -0.381 e. The van der Waals surface area contributed by atoms with Gasteiger partial charge in [-0.05, 0) is 48.9 Å². The molecule has 1 aromatic rings. The number of benzene rings is 1. The Balaban J connectivity index is 2.09. The van der Waals surface area contributed by atoms with Crippen molar-refractivity contribution in [2.75, 3.05) is 19.8 Å². The van der Waals surface area contributed by atoms with Crippen LogP contribution in [0.2, 0.25) is 0 Å². The fourth-order valence-corrected chi connectivity index (χ4v) is 4.39. The molecule has 1 heterocycles. The highest BCUT2D eigenvalue weighted by molar-refractivity contribution is 9.10. The number of hydrogen-bond acceptors (Lipinski definition) is 4. The molecule has 7 heteroatoms. The lowest BCUT2D eigenvalue weighted by atomic mass is 10.1. The maximum Gasteiger partial charge on any atom is 0.240 e. The van der Waals surface area contributed by atoms with Gasteiger partial charge in [-0.15, -0.1) is 0 Å². The first kappa shape index (κ1) is 16.9. The van der Waals surface area contributed by atoms with E-state index in [2.05, 4.69) is 20.7 Å². The van der Waals surface area contributed by atoms with Gasteiger partial charge >= 0.3 is 0 Å². The molecular weight excluding hydrogens is 356 g/mol. The van der Waals surface area contributed by atoms with Gasteiger partial charge in [0.15, 0.2) is 0 Å². The third-order valence-electron chi connectivity index (χ3n) is 3.75. The zero-order chi connectivity index (χ0) is 15.5. The summed E-state index contributed by atoms with van der Waals surface area (Å²) in [6, 6.07) is 3.49. The molecule has 0 spiro atoms. The van der Waals surface area contributed by atoms with E-state index in [9.17, 15) is 8.42 Å². The number of halogens is 1. The highest BCUT2D eigenvalue weighted by Crippen LogP contribution is 2.26. The molecule has 0 aliphatic carbocycles. The minimum absolute atomic E-state index is 0.292. The molecule has 1 aliphatic rings. The molecule has 0 saturated carbocycles. The van der Waals surface area contributed by atoms with Gasteiger partial charge in [0, 0.05) is 30.8 Å². The van der Waals surface area contributed by atoms with Crippen molar-refractivity contribution < 1.29 is 13.2 Å². The fourth-order valence-electron chi connectivity index (χ4n) is 2.39. The highest BCUT2D eigenvalue weighted by atomic mass is 79.9. The summed E-state index contributed by atoms with van der Waals surface area (Å²) in [6.07, 6.45) is 1.81. The zero-order valence-electron chi connectivity index (χ0n) is 12.1. The van der Waals surface area contributed by atoms with Crippen LogP contribution in [0.4, 0.5) is 0 Å². The van der Waals surface area contributed by atoms with Gasteiger partial charge in [0.2, 0.25) is 10.0 Å². The smallest absolute Gasteiger partial charge is 0.240 e. The van der Waals surface area contributed by atoms with E-state index < -0.39 is 10.0 Å². The van der Waals surface area contributed by atoms with Crippen LogP contribution >= 0.6 is 15.9 Å². The summed E-state index contributed by atoms with van der Waals surface area (Å²) in [5.74, 6) is 0.455. The molecule has 1 saturated heterocycles. The van der Waals surface area contributed by atoms with Gasteiger partial charge in [-0.1, -0.05) is 15.9 Å². The van der Waals surface area contributed by atoms with Crippen molar-refractivity contribution in [3.63, 3.8) is 0 Å². The molecule has 1 atom stereocenters. The lowest BCUT2D eigenvalue weighted by Crippen LogP contribution is -2.27. The van der Waals surface area contributed by atoms with Gasteiger partial charge in [0.25, 0.3) is 0 Å². The fraction of sp³-hybridized carbons (Fsp3) is 0.571. The Kier molecular flexibility index (Phi) is 5.79. The standard InChI is InChI=1S/C14H21BrN2O3S/c1-10-13(15)6-12(8-16)7-14(10)21(18,19)17-4-2-11-3-5-20-9-11/h6-7,11,17H,2-5,8-9,16H2,1H3. The van der Waals surface area contributed by atoms with Crippen molar-refractivity contribution in [3.05, 3.63) is 27.7 Å². The molecule has 1 aliphatic heterocycles. The zero-order valence-corrected chi connectivity index (χ0v) is 14.5. The maximum absolute atomic E-state index is 12.4. The van der Waals surface area contributed by atoms with Crippen LogP contribution in [0.3, 0.4) is 0 Å². The lowest BCUT2D eigenvalue weighted by Gasteiger charge is -2.13. The van der Waals surface area contributed by atoms with E-state index in [-0.39, 0.29) is 0 Å². The molecule has 3 N–H and O–H groups in total. The summed E-state index contributed by atoms with van der Waals surface area (Å²) in [4.78, 5) is 0.292. The molecule has 0 aromatic heterocycles. The number of nitrogens with two attached hydrogens (primary N) is 1. The summed E-state index contributed by atoms with van der Waals surface area (Å²) in [5.41, 5.74) is 7.10. The van der Waals surface area contributed by atoms with Crippen LogP contribution in [0.1, 0.15) is 24.0 Å². The first-order chi connectivity index (χ1) is 9.94. The Morgan fingerprint density at radius 1 is 1.48 bits per heavy atom. The summed E-state index contributed by atoms with van der Waals surface area (Å²) in [6.45, 7) is 4.03. The maximum atomic E-state index is 12.4. The third-order valence-corrected chi connectivity index (χ3v) is 6.16. The number of nitrogens with one attached hydrogen (secondary N) is 1. The van der Waals surface area contributed by atoms with Crippen LogP contribution in [-0.2, 0) is 21.3 Å². The van der Waals surface area contributed by atoms with Gasteiger partial charge < -0.3 is 10.5 Å². The van der Waals surface area contributed by atoms with E-state index in [1.165, 1.54) is 0 Å². The molecule has 1 unspecified atom stereocenters. The minimum atomic E-state index is -3.51. The van der Waals surface area contributed by atoms with Crippen LogP contribution in [0.25, 0.3) is 0 Å². The number of ether oxygens (including phenoxy) is 1. The topological polar surface area (TPSA) is 81.4 Å². The highest BCUT2D eigenvalue weighted by Gasteiger charge is 2.21. The van der Waals surface area contributed by atoms with E-state index in [0.29, 0.717) is 29.5 Å². The van der Waals surface area contributed by atoms with Gasteiger partial charge in [-0.25, -0.2) is 13.1 Å². The number of rotatable bonds is 6. The second kappa shape index (κ2) is 7.19. The van der Waals surface area contributed by atoms with Crippen molar-refractivity contribution in [2.24, 2.45) is 11.7 Å². The molecule has 0 amide bonds. The molecular formula is C14H21BrN2O3S. The average Bonchev–Trinajstić information content (AvgIpc) is 2.94. The van der Waals surface area contributed by atoms with Gasteiger partial charge in [0.1, 0.15) is 0 Å². The predicted molar refractivity (Wildman–Crippen MR) is 85.5 cm³/mol. The first-order valence-corrected chi connectivity index (χ1v) is 9.28. The molecule has 0 bridgehead atoms. The summed E-state index contributed by atoms with van der Waals surface area (Å²) >= 11 is 3.39. The number of hydrogen-bond donors (Lipinski definition) is 2. The average molecular weight is 377 g/mol. The van der Waals surface area contributed by atoms with Crippen molar-refractivity contribution in [1.29, 1.82) is 0 Å². The van der Waals surface area contributed by atoms with E-state index in [0.717, 1.165) is 36.1 Å². The largest absolute Gasteiger partial charge is 0.381 e. The molecule has 118 valence electrons. The van der Waals surface area contributed by atoms with Crippen LogP contribution in [-0.4, -0.2) is 28.2 Å². The molecule has 0 radical (unpaired) electrons. The quantitative estimate of drug-likeness (QED) is 0.794. The van der Waals surface area contributed by atoms with Crippen LogP contribution in [0.5, 0.6) is 0 Å². The summed E-state index contributed by atoms with van der Waals surface area (Å²) < 4.78 is 33.6. The predicted octanol–water partition coefficient (Wildman–Crippen LogP) is 1.92. The van der Waals surface area contributed by atoms with Crippen molar-refractivity contribution in [1.82, 2.24) is 4.72 Å². The van der Waals surface area contributed by atoms with Crippen LogP contribution in [0, 0.1) is 12.8 Å². The Bertz CT molecular complexity index is 598. The Morgan fingerprint density at radius 3 is 2.86 bits per heavy atom. The Morgan fingerprint density at radius 2 is 2.24 bits per heavy atom. The van der Waals surface area contributed by atoms with Crippen molar-refractivity contribution in [2.45, 2.75) is 31.2 Å². The van der Waals surface area contributed by atoms with Gasteiger partial charge in [-0.2, -0.15) is 0 Å². The molecule has 21 heavy (non-hydrogen) atoms. The second-order valence-corrected chi connectivity index (χ2v) is 7.91. The monoisotopic (exact) mass is 376 g/mol.